The maximum absolute atomic E-state index is 12.1. The van der Waals surface area contributed by atoms with Gasteiger partial charge in [-0.2, -0.15) is 0 Å². The van der Waals surface area contributed by atoms with Gasteiger partial charge in [-0.3, -0.25) is 14.5 Å². The normalized spacial score (nSPS) is 16.3. The fourth-order valence-electron chi connectivity index (χ4n) is 2.62. The van der Waals surface area contributed by atoms with Crippen LogP contribution in [0.2, 0.25) is 0 Å². The molecule has 0 atom stereocenters. The van der Waals surface area contributed by atoms with Crippen LogP contribution in [0.25, 0.3) is 0 Å². The van der Waals surface area contributed by atoms with Crippen molar-refractivity contribution < 1.29 is 9.59 Å². The first kappa shape index (κ1) is 16.5. The van der Waals surface area contributed by atoms with Gasteiger partial charge in [0, 0.05) is 17.8 Å². The Morgan fingerprint density at radius 3 is 2.68 bits per heavy atom. The maximum Gasteiger partial charge on any atom is 0.251 e. The Morgan fingerprint density at radius 2 is 2.00 bits per heavy atom. The molecule has 1 saturated heterocycles. The monoisotopic (exact) mass is 303 g/mol. The number of hydrogen-bond donors (Lipinski definition) is 2. The van der Waals surface area contributed by atoms with Gasteiger partial charge < -0.3 is 10.6 Å². The lowest BCUT2D eigenvalue weighted by Gasteiger charge is -2.29. The molecule has 1 fully saturated rings. The van der Waals surface area contributed by atoms with E-state index in [0.717, 1.165) is 31.8 Å². The summed E-state index contributed by atoms with van der Waals surface area (Å²) < 4.78 is 0. The maximum atomic E-state index is 12.1. The summed E-state index contributed by atoms with van der Waals surface area (Å²) in [4.78, 5) is 26.1. The van der Waals surface area contributed by atoms with Crippen molar-refractivity contribution in [2.45, 2.75) is 26.7 Å². The highest BCUT2D eigenvalue weighted by molar-refractivity contribution is 5.97. The Labute approximate surface area is 132 Å². The first-order chi connectivity index (χ1) is 10.6. The number of nitrogens with one attached hydrogen (secondary N) is 2. The topological polar surface area (TPSA) is 61.4 Å². The smallest absolute Gasteiger partial charge is 0.251 e. The molecule has 120 valence electrons. The first-order valence-corrected chi connectivity index (χ1v) is 7.99. The number of nitrogens with zero attached hydrogens (tertiary/aromatic N) is 1. The summed E-state index contributed by atoms with van der Waals surface area (Å²) in [6.07, 6.45) is 2.31. The molecular weight excluding hydrogens is 278 g/mol. The van der Waals surface area contributed by atoms with E-state index in [4.69, 9.17) is 0 Å². The van der Waals surface area contributed by atoms with E-state index in [1.165, 1.54) is 0 Å². The van der Waals surface area contributed by atoms with E-state index in [1.807, 2.05) is 6.92 Å². The van der Waals surface area contributed by atoms with Crippen molar-refractivity contribution in [3.63, 3.8) is 0 Å². The van der Waals surface area contributed by atoms with E-state index in [0.29, 0.717) is 24.3 Å². The second kappa shape index (κ2) is 7.94. The highest BCUT2D eigenvalue weighted by Gasteiger charge is 2.18. The van der Waals surface area contributed by atoms with Crippen LogP contribution in [0, 0.1) is 5.92 Å². The summed E-state index contributed by atoms with van der Waals surface area (Å²) in [5.74, 6) is 0.610. The molecule has 2 rings (SSSR count). The van der Waals surface area contributed by atoms with Crippen LogP contribution in [0.5, 0.6) is 0 Å². The molecule has 1 aromatic rings. The number of carbonyl (C=O) groups is 2. The van der Waals surface area contributed by atoms with Gasteiger partial charge in [-0.05, 0) is 57.0 Å². The lowest BCUT2D eigenvalue weighted by molar-refractivity contribution is -0.117. The molecule has 2 amide bonds. The minimum Gasteiger partial charge on any atom is -0.352 e. The molecule has 0 aromatic heterocycles. The number of likely N-dealkylation sites (tertiary alicyclic amines) is 1. The van der Waals surface area contributed by atoms with Crippen molar-refractivity contribution in [1.29, 1.82) is 0 Å². The molecule has 0 bridgehead atoms. The molecule has 1 heterocycles. The Hall–Kier alpha value is -1.88. The Kier molecular flexibility index (Phi) is 5.95. The third kappa shape index (κ3) is 4.84. The van der Waals surface area contributed by atoms with Crippen molar-refractivity contribution in [2.24, 2.45) is 5.92 Å². The van der Waals surface area contributed by atoms with Crippen LogP contribution >= 0.6 is 0 Å². The minimum absolute atomic E-state index is 0.0254. The first-order valence-electron chi connectivity index (χ1n) is 7.99. The van der Waals surface area contributed by atoms with E-state index in [9.17, 15) is 9.59 Å². The second-order valence-corrected chi connectivity index (χ2v) is 5.95. The van der Waals surface area contributed by atoms with Gasteiger partial charge in [-0.25, -0.2) is 0 Å². The van der Waals surface area contributed by atoms with Gasteiger partial charge in [0.1, 0.15) is 0 Å². The fraction of sp³-hybridized carbons (Fsp3) is 0.529. The van der Waals surface area contributed by atoms with Crippen LogP contribution in [-0.4, -0.2) is 42.9 Å². The molecule has 0 aliphatic carbocycles. The SMILES string of the molecule is CCNC(=O)c1cccc(NC(=O)CN2CCC(C)CC2)c1. The molecule has 1 aliphatic heterocycles. The molecule has 1 aromatic carbocycles. The fourth-order valence-corrected chi connectivity index (χ4v) is 2.62. The predicted octanol–water partition coefficient (Wildman–Crippen LogP) is 2.11. The number of anilines is 1. The summed E-state index contributed by atoms with van der Waals surface area (Å²) in [5, 5.41) is 5.63. The van der Waals surface area contributed by atoms with Crippen LogP contribution in [-0.2, 0) is 4.79 Å². The van der Waals surface area contributed by atoms with Crippen molar-refractivity contribution in [3.05, 3.63) is 29.8 Å². The van der Waals surface area contributed by atoms with Crippen molar-refractivity contribution in [1.82, 2.24) is 10.2 Å². The Balaban J connectivity index is 1.88. The molecule has 5 nitrogen and oxygen atoms in total. The Morgan fingerprint density at radius 1 is 1.27 bits per heavy atom. The van der Waals surface area contributed by atoms with Crippen LogP contribution in [0.4, 0.5) is 5.69 Å². The third-order valence-corrected chi connectivity index (χ3v) is 3.99. The number of carbonyl (C=O) groups excluding carboxylic acids is 2. The van der Waals surface area contributed by atoms with E-state index in [1.54, 1.807) is 24.3 Å². The van der Waals surface area contributed by atoms with Gasteiger partial charge in [0.05, 0.1) is 6.54 Å². The van der Waals surface area contributed by atoms with E-state index >= 15 is 0 Å². The Bertz CT molecular complexity index is 522. The lowest BCUT2D eigenvalue weighted by Crippen LogP contribution is -2.38. The number of piperidine rings is 1. The van der Waals surface area contributed by atoms with Gasteiger partial charge in [0.25, 0.3) is 5.91 Å². The van der Waals surface area contributed by atoms with E-state index < -0.39 is 0 Å². The van der Waals surface area contributed by atoms with Crippen LogP contribution in [0.3, 0.4) is 0 Å². The molecule has 0 saturated carbocycles. The minimum atomic E-state index is -0.122. The van der Waals surface area contributed by atoms with Crippen molar-refractivity contribution in [2.75, 3.05) is 31.5 Å². The molecule has 0 radical (unpaired) electrons. The van der Waals surface area contributed by atoms with Crippen LogP contribution in [0.1, 0.15) is 37.0 Å². The van der Waals surface area contributed by atoms with E-state index in [2.05, 4.69) is 22.5 Å². The van der Waals surface area contributed by atoms with Crippen LogP contribution < -0.4 is 10.6 Å². The molecule has 22 heavy (non-hydrogen) atoms. The summed E-state index contributed by atoms with van der Waals surface area (Å²) in [6.45, 7) is 7.09. The molecule has 0 spiro atoms. The van der Waals surface area contributed by atoms with Crippen molar-refractivity contribution >= 4 is 17.5 Å². The zero-order chi connectivity index (χ0) is 15.9. The van der Waals surface area contributed by atoms with Gasteiger partial charge in [-0.15, -0.1) is 0 Å². The lowest BCUT2D eigenvalue weighted by atomic mass is 9.99. The van der Waals surface area contributed by atoms with Gasteiger partial charge in [0.15, 0.2) is 0 Å². The second-order valence-electron chi connectivity index (χ2n) is 5.95. The largest absolute Gasteiger partial charge is 0.352 e. The van der Waals surface area contributed by atoms with Gasteiger partial charge in [0.2, 0.25) is 5.91 Å². The quantitative estimate of drug-likeness (QED) is 0.876. The predicted molar refractivity (Wildman–Crippen MR) is 87.9 cm³/mol. The standard InChI is InChI=1S/C17H25N3O2/c1-3-18-17(22)14-5-4-6-15(11-14)19-16(21)12-20-9-7-13(2)8-10-20/h4-6,11,13H,3,7-10,12H2,1-2H3,(H,18,22)(H,19,21). The third-order valence-electron chi connectivity index (χ3n) is 3.99. The van der Waals surface area contributed by atoms with Gasteiger partial charge >= 0.3 is 0 Å². The highest BCUT2D eigenvalue weighted by Crippen LogP contribution is 2.16. The van der Waals surface area contributed by atoms with Crippen LogP contribution in [0.15, 0.2) is 24.3 Å². The average molecular weight is 303 g/mol. The van der Waals surface area contributed by atoms with Crippen molar-refractivity contribution in [3.8, 4) is 0 Å². The molecular formula is C17H25N3O2. The highest BCUT2D eigenvalue weighted by atomic mass is 16.2. The molecule has 1 aliphatic rings. The van der Waals surface area contributed by atoms with E-state index in [-0.39, 0.29) is 11.8 Å². The molecule has 0 unspecified atom stereocenters. The molecule has 2 N–H and O–H groups in total. The summed E-state index contributed by atoms with van der Waals surface area (Å²) >= 11 is 0. The summed E-state index contributed by atoms with van der Waals surface area (Å²) in [7, 11) is 0. The summed E-state index contributed by atoms with van der Waals surface area (Å²) in [6, 6.07) is 7.04. The summed E-state index contributed by atoms with van der Waals surface area (Å²) in [5.41, 5.74) is 1.23. The van der Waals surface area contributed by atoms with Gasteiger partial charge in [-0.1, -0.05) is 13.0 Å². The number of hydrogen-bond acceptors (Lipinski definition) is 3. The number of benzene rings is 1. The number of rotatable bonds is 5. The zero-order valence-corrected chi connectivity index (χ0v) is 13.4. The number of amides is 2. The molecule has 5 heteroatoms. The average Bonchev–Trinajstić information content (AvgIpc) is 2.50. The zero-order valence-electron chi connectivity index (χ0n) is 13.4.